The summed E-state index contributed by atoms with van der Waals surface area (Å²) >= 11 is 6.08. The molecule has 0 saturated heterocycles. The first-order valence-corrected chi connectivity index (χ1v) is 9.99. The highest BCUT2D eigenvalue weighted by Gasteiger charge is 2.51. The smallest absolute Gasteiger partial charge is 0.268 e. The number of nitrogens with one attached hydrogen (secondary N) is 1. The summed E-state index contributed by atoms with van der Waals surface area (Å²) < 4.78 is 0. The van der Waals surface area contributed by atoms with Gasteiger partial charge in [0.1, 0.15) is 6.54 Å². The van der Waals surface area contributed by atoms with Crippen LogP contribution in [0.3, 0.4) is 0 Å². The van der Waals surface area contributed by atoms with Crippen LogP contribution in [0.15, 0.2) is 72.8 Å². The number of aliphatic hydroxyl groups is 1. The van der Waals surface area contributed by atoms with Gasteiger partial charge in [-0.1, -0.05) is 41.9 Å². The fourth-order valence-electron chi connectivity index (χ4n) is 3.72. The maximum absolute atomic E-state index is 13.3. The van der Waals surface area contributed by atoms with Gasteiger partial charge in [0.05, 0.1) is 5.69 Å². The lowest BCUT2D eigenvalue weighted by molar-refractivity contribution is -0.133. The highest BCUT2D eigenvalue weighted by Crippen LogP contribution is 2.44. The fourth-order valence-corrected chi connectivity index (χ4v) is 3.91. The number of benzene rings is 3. The van der Waals surface area contributed by atoms with E-state index in [1.54, 1.807) is 66.7 Å². The van der Waals surface area contributed by atoms with Crippen LogP contribution >= 0.6 is 11.6 Å². The molecule has 0 saturated carbocycles. The molecule has 1 aliphatic heterocycles. The monoisotopic (exact) mass is 434 g/mol. The van der Waals surface area contributed by atoms with Gasteiger partial charge in [0.15, 0.2) is 11.4 Å². The number of halogens is 1. The molecular weight excluding hydrogens is 416 g/mol. The highest BCUT2D eigenvalue weighted by atomic mass is 35.5. The second-order valence-electron chi connectivity index (χ2n) is 7.31. The van der Waals surface area contributed by atoms with Crippen LogP contribution in [-0.2, 0) is 15.2 Å². The Kier molecular flexibility index (Phi) is 5.35. The number of amides is 2. The Morgan fingerprint density at radius 2 is 1.74 bits per heavy atom. The van der Waals surface area contributed by atoms with E-state index >= 15 is 0 Å². The van der Waals surface area contributed by atoms with Gasteiger partial charge in [0, 0.05) is 21.8 Å². The average Bonchev–Trinajstić information content (AvgIpc) is 2.97. The Bertz CT molecular complexity index is 1190. The van der Waals surface area contributed by atoms with E-state index in [2.05, 4.69) is 5.32 Å². The van der Waals surface area contributed by atoms with Crippen molar-refractivity contribution in [2.24, 2.45) is 0 Å². The van der Waals surface area contributed by atoms with Crippen molar-refractivity contribution < 1.29 is 19.5 Å². The van der Waals surface area contributed by atoms with Gasteiger partial charge in [-0.2, -0.15) is 0 Å². The predicted molar refractivity (Wildman–Crippen MR) is 118 cm³/mol. The number of rotatable bonds is 5. The molecule has 3 aromatic carbocycles. The van der Waals surface area contributed by atoms with E-state index in [1.807, 2.05) is 0 Å². The Hall–Kier alpha value is -3.48. The molecule has 0 bridgehead atoms. The third-order valence-electron chi connectivity index (χ3n) is 5.26. The standard InChI is InChI=1S/C24H19ClN2O4/c1-15(28)16-9-11-19(12-10-16)26-22(29)14-27-21-8-3-2-7-20(21)24(31,23(27)30)17-5-4-6-18(25)13-17/h2-13,31H,14H2,1H3,(H,26,29). The van der Waals surface area contributed by atoms with Gasteiger partial charge >= 0.3 is 0 Å². The van der Waals surface area contributed by atoms with Gasteiger partial charge in [-0.25, -0.2) is 0 Å². The van der Waals surface area contributed by atoms with Crippen LogP contribution < -0.4 is 10.2 Å². The van der Waals surface area contributed by atoms with Crippen LogP contribution in [0.2, 0.25) is 5.02 Å². The molecule has 31 heavy (non-hydrogen) atoms. The predicted octanol–water partition coefficient (Wildman–Crippen LogP) is 3.76. The number of carbonyl (C=O) groups excluding carboxylic acids is 3. The molecule has 4 rings (SSSR count). The molecule has 0 aromatic heterocycles. The fraction of sp³-hybridized carbons (Fsp3) is 0.125. The number of para-hydroxylation sites is 1. The quantitative estimate of drug-likeness (QED) is 0.598. The second-order valence-corrected chi connectivity index (χ2v) is 7.75. The minimum absolute atomic E-state index is 0.0718. The van der Waals surface area contributed by atoms with E-state index in [1.165, 1.54) is 17.9 Å². The summed E-state index contributed by atoms with van der Waals surface area (Å²) in [7, 11) is 0. The number of hydrogen-bond donors (Lipinski definition) is 2. The van der Waals surface area contributed by atoms with Gasteiger partial charge in [-0.3, -0.25) is 19.3 Å². The molecule has 1 heterocycles. The maximum Gasteiger partial charge on any atom is 0.268 e. The molecule has 1 aliphatic rings. The lowest BCUT2D eigenvalue weighted by Crippen LogP contribution is -2.44. The van der Waals surface area contributed by atoms with Crippen molar-refractivity contribution in [1.29, 1.82) is 0 Å². The largest absolute Gasteiger partial charge is 0.372 e. The van der Waals surface area contributed by atoms with E-state index in [0.717, 1.165) is 0 Å². The van der Waals surface area contributed by atoms with Crippen molar-refractivity contribution in [3.8, 4) is 0 Å². The summed E-state index contributed by atoms with van der Waals surface area (Å²) in [6.07, 6.45) is 0. The van der Waals surface area contributed by atoms with Crippen LogP contribution in [0.25, 0.3) is 0 Å². The van der Waals surface area contributed by atoms with E-state index in [-0.39, 0.29) is 12.3 Å². The molecule has 0 spiro atoms. The van der Waals surface area contributed by atoms with Gasteiger partial charge in [-0.05, 0) is 55.0 Å². The average molecular weight is 435 g/mol. The number of carbonyl (C=O) groups is 3. The molecule has 2 N–H and O–H groups in total. The highest BCUT2D eigenvalue weighted by molar-refractivity contribution is 6.30. The molecule has 1 unspecified atom stereocenters. The van der Waals surface area contributed by atoms with Crippen molar-refractivity contribution in [3.05, 3.63) is 94.5 Å². The van der Waals surface area contributed by atoms with E-state index < -0.39 is 17.4 Å². The molecule has 3 aromatic rings. The second kappa shape index (κ2) is 7.98. The Morgan fingerprint density at radius 3 is 2.42 bits per heavy atom. The molecule has 0 aliphatic carbocycles. The van der Waals surface area contributed by atoms with Crippen molar-refractivity contribution in [1.82, 2.24) is 0 Å². The number of fused-ring (bicyclic) bond motifs is 1. The number of nitrogens with zero attached hydrogens (tertiary/aromatic N) is 1. The number of ketones is 1. The molecule has 0 fully saturated rings. The molecule has 6 nitrogen and oxygen atoms in total. The van der Waals surface area contributed by atoms with Gasteiger partial charge in [-0.15, -0.1) is 0 Å². The van der Waals surface area contributed by atoms with Gasteiger partial charge in [0.2, 0.25) is 5.91 Å². The summed E-state index contributed by atoms with van der Waals surface area (Å²) in [5, 5.41) is 14.6. The van der Waals surface area contributed by atoms with E-state index in [0.29, 0.717) is 33.1 Å². The van der Waals surface area contributed by atoms with Crippen LogP contribution in [0.1, 0.15) is 28.4 Å². The third kappa shape index (κ3) is 3.71. The zero-order valence-corrected chi connectivity index (χ0v) is 17.4. The van der Waals surface area contributed by atoms with Gasteiger partial charge in [0.25, 0.3) is 5.91 Å². The molecule has 0 radical (unpaired) electrons. The Morgan fingerprint density at radius 1 is 1.03 bits per heavy atom. The summed E-state index contributed by atoms with van der Waals surface area (Å²) in [5.74, 6) is -1.13. The van der Waals surface area contributed by atoms with Crippen molar-refractivity contribution in [3.63, 3.8) is 0 Å². The molecular formula is C24H19ClN2O4. The molecule has 2 amide bonds. The van der Waals surface area contributed by atoms with Crippen molar-refractivity contribution in [2.45, 2.75) is 12.5 Å². The zero-order valence-electron chi connectivity index (χ0n) is 16.6. The van der Waals surface area contributed by atoms with Gasteiger partial charge < -0.3 is 10.4 Å². The first kappa shape index (κ1) is 20.8. The van der Waals surface area contributed by atoms with Crippen LogP contribution in [0, 0.1) is 0 Å². The summed E-state index contributed by atoms with van der Waals surface area (Å²) in [6, 6.07) is 19.8. The van der Waals surface area contributed by atoms with Crippen molar-refractivity contribution >= 4 is 40.6 Å². The molecule has 156 valence electrons. The lowest BCUT2D eigenvalue weighted by Gasteiger charge is -2.23. The lowest BCUT2D eigenvalue weighted by atomic mass is 9.87. The SMILES string of the molecule is CC(=O)c1ccc(NC(=O)CN2C(=O)C(O)(c3cccc(Cl)c3)c3ccccc32)cc1. The number of anilines is 2. The van der Waals surface area contributed by atoms with E-state index in [4.69, 9.17) is 11.6 Å². The number of hydrogen-bond acceptors (Lipinski definition) is 4. The number of Topliss-reactive ketones (excluding diaryl/α,β-unsaturated/α-hetero) is 1. The summed E-state index contributed by atoms with van der Waals surface area (Å²) in [5.41, 5.74) is 0.275. The molecule has 7 heteroatoms. The maximum atomic E-state index is 13.3. The third-order valence-corrected chi connectivity index (χ3v) is 5.49. The summed E-state index contributed by atoms with van der Waals surface area (Å²) in [6.45, 7) is 1.18. The van der Waals surface area contributed by atoms with Crippen molar-refractivity contribution in [2.75, 3.05) is 16.8 Å². The van der Waals surface area contributed by atoms with E-state index in [9.17, 15) is 19.5 Å². The normalized spacial score (nSPS) is 17.4. The zero-order chi connectivity index (χ0) is 22.2. The van der Waals surface area contributed by atoms with Crippen LogP contribution in [0.4, 0.5) is 11.4 Å². The Labute approximate surface area is 184 Å². The topological polar surface area (TPSA) is 86.7 Å². The minimum Gasteiger partial charge on any atom is -0.372 e. The first-order valence-electron chi connectivity index (χ1n) is 9.61. The molecule has 1 atom stereocenters. The van der Waals surface area contributed by atoms with Crippen LogP contribution in [0.5, 0.6) is 0 Å². The Balaban J connectivity index is 1.61. The minimum atomic E-state index is -1.94. The van der Waals surface area contributed by atoms with Crippen LogP contribution in [-0.4, -0.2) is 29.2 Å². The first-order chi connectivity index (χ1) is 14.8. The summed E-state index contributed by atoms with van der Waals surface area (Å²) in [4.78, 5) is 38.6.